The lowest BCUT2D eigenvalue weighted by molar-refractivity contribution is -0.0460. The number of morpholine rings is 2. The molecule has 1 aromatic rings. The van der Waals surface area contributed by atoms with Crippen LogP contribution in [0, 0.1) is 0 Å². The van der Waals surface area contributed by atoms with Crippen molar-refractivity contribution in [3.63, 3.8) is 0 Å². The number of rotatable bonds is 4. The number of hydrogen-bond acceptors (Lipinski definition) is 8. The van der Waals surface area contributed by atoms with Crippen molar-refractivity contribution in [1.29, 1.82) is 0 Å². The first-order chi connectivity index (χ1) is 15.6. The first-order valence-corrected chi connectivity index (χ1v) is 11.4. The summed E-state index contributed by atoms with van der Waals surface area (Å²) in [4.78, 5) is 13.8. The molecule has 5 atom stereocenters. The zero-order valence-corrected chi connectivity index (χ0v) is 17.8. The Balaban J connectivity index is 1.42. The Kier molecular flexibility index (Phi) is 5.03. The van der Waals surface area contributed by atoms with Crippen molar-refractivity contribution in [2.75, 3.05) is 32.2 Å². The summed E-state index contributed by atoms with van der Waals surface area (Å²) in [5.74, 6) is 1.01. The number of alkyl halides is 2. The highest BCUT2D eigenvalue weighted by Gasteiger charge is 2.45. The third-order valence-corrected chi connectivity index (χ3v) is 7.38. The first kappa shape index (κ1) is 20.3. The lowest BCUT2D eigenvalue weighted by atomic mass is 10.0. The van der Waals surface area contributed by atoms with Crippen LogP contribution in [0.4, 0.5) is 14.6 Å². The zero-order valence-electron chi connectivity index (χ0n) is 17.8. The fourth-order valence-corrected chi connectivity index (χ4v) is 5.91. The molecule has 6 heterocycles. The minimum Gasteiger partial charge on any atom is -0.384 e. The van der Waals surface area contributed by atoms with Gasteiger partial charge >= 0.3 is 0 Å². The van der Waals surface area contributed by atoms with E-state index in [2.05, 4.69) is 20.1 Å². The van der Waals surface area contributed by atoms with E-state index >= 15 is 0 Å². The van der Waals surface area contributed by atoms with Crippen LogP contribution in [0.5, 0.6) is 0 Å². The van der Waals surface area contributed by atoms with E-state index in [1.165, 1.54) is 12.3 Å². The molecular weight excluding hydrogens is 418 g/mol. The van der Waals surface area contributed by atoms with Crippen LogP contribution in [0.25, 0.3) is 0 Å². The Morgan fingerprint density at radius 1 is 1.00 bits per heavy atom. The molecule has 172 valence electrons. The Labute approximate surface area is 185 Å². The molecule has 4 saturated heterocycles. The molecule has 5 aliphatic heterocycles. The predicted molar refractivity (Wildman–Crippen MR) is 114 cm³/mol. The molecule has 0 spiro atoms. The summed E-state index contributed by atoms with van der Waals surface area (Å²) in [6.45, 7) is 2.71. The van der Waals surface area contributed by atoms with E-state index in [4.69, 9.17) is 20.2 Å². The highest BCUT2D eigenvalue weighted by molar-refractivity contribution is 6.10. The number of allylic oxidation sites excluding steroid dienone is 1. The van der Waals surface area contributed by atoms with Gasteiger partial charge in [0.25, 0.3) is 6.43 Å². The molecule has 5 unspecified atom stereocenters. The minimum atomic E-state index is -2.66. The number of ether oxygens (including phenoxy) is 2. The molecule has 3 N–H and O–H groups in total. The van der Waals surface area contributed by atoms with Gasteiger partial charge in [-0.2, -0.15) is 0 Å². The molecule has 10 heteroatoms. The number of nitrogens with zero attached hydrogens (tertiary/aromatic N) is 4. The summed E-state index contributed by atoms with van der Waals surface area (Å²) >= 11 is 0. The molecule has 8 nitrogen and oxygen atoms in total. The van der Waals surface area contributed by atoms with Gasteiger partial charge in [-0.1, -0.05) is 0 Å². The first-order valence-electron chi connectivity index (χ1n) is 11.4. The summed E-state index contributed by atoms with van der Waals surface area (Å²) in [6.07, 6.45) is 4.56. The lowest BCUT2D eigenvalue weighted by Crippen LogP contribution is -2.59. The molecule has 32 heavy (non-hydrogen) atoms. The number of nitrogen functional groups attached to an aromatic ring is 1. The topological polar surface area (TPSA) is 88.2 Å². The second-order valence-electron chi connectivity index (χ2n) is 9.26. The quantitative estimate of drug-likeness (QED) is 0.730. The molecule has 6 rings (SSSR count). The van der Waals surface area contributed by atoms with Gasteiger partial charge in [-0.15, -0.1) is 0 Å². The van der Waals surface area contributed by atoms with Crippen LogP contribution in [0.2, 0.25) is 0 Å². The zero-order chi connectivity index (χ0) is 21.8. The van der Waals surface area contributed by atoms with Crippen molar-refractivity contribution in [1.82, 2.24) is 20.1 Å². The highest BCUT2D eigenvalue weighted by Crippen LogP contribution is 2.36. The third kappa shape index (κ3) is 3.36. The maximum absolute atomic E-state index is 13.9. The van der Waals surface area contributed by atoms with E-state index in [9.17, 15) is 8.78 Å². The van der Waals surface area contributed by atoms with Gasteiger partial charge in [-0.05, 0) is 31.7 Å². The van der Waals surface area contributed by atoms with Crippen molar-refractivity contribution in [3.05, 3.63) is 35.3 Å². The van der Waals surface area contributed by atoms with Crippen LogP contribution < -0.4 is 11.1 Å². The summed E-state index contributed by atoms with van der Waals surface area (Å²) in [6, 6.07) is 2.37. The minimum absolute atomic E-state index is 0.0804. The third-order valence-electron chi connectivity index (χ3n) is 7.38. The van der Waals surface area contributed by atoms with Crippen molar-refractivity contribution in [2.24, 2.45) is 4.99 Å². The predicted octanol–water partition coefficient (Wildman–Crippen LogP) is 1.85. The average molecular weight is 447 g/mol. The fourth-order valence-electron chi connectivity index (χ4n) is 5.91. The number of pyridine rings is 1. The number of aliphatic imine (C=N–C) groups is 1. The van der Waals surface area contributed by atoms with E-state index < -0.39 is 6.43 Å². The van der Waals surface area contributed by atoms with Gasteiger partial charge in [0.15, 0.2) is 6.29 Å². The average Bonchev–Trinajstić information content (AvgIpc) is 3.20. The molecule has 0 aromatic carbocycles. The van der Waals surface area contributed by atoms with Gasteiger partial charge in [0.05, 0.1) is 44.2 Å². The monoisotopic (exact) mass is 446 g/mol. The van der Waals surface area contributed by atoms with E-state index in [0.29, 0.717) is 37.7 Å². The second kappa shape index (κ2) is 7.93. The number of halogens is 2. The SMILES string of the molecule is Nc1cc(C(F)F)c(C2=NC(N3C4CCC3COC4)NC(N3C4CCC3COC4)=C2)cn1. The summed E-state index contributed by atoms with van der Waals surface area (Å²) in [5.41, 5.74) is 6.43. The summed E-state index contributed by atoms with van der Waals surface area (Å²) in [7, 11) is 0. The van der Waals surface area contributed by atoms with Crippen molar-refractivity contribution >= 4 is 11.5 Å². The Hall–Kier alpha value is -2.30. The van der Waals surface area contributed by atoms with Gasteiger partial charge < -0.3 is 25.4 Å². The van der Waals surface area contributed by atoms with Gasteiger partial charge in [-0.25, -0.2) is 18.8 Å². The molecule has 0 radical (unpaired) electrons. The number of aromatic nitrogens is 1. The molecular formula is C22H28F2N6O2. The number of fused-ring (bicyclic) bond motifs is 4. The fraction of sp³-hybridized carbons (Fsp3) is 0.636. The van der Waals surface area contributed by atoms with Crippen LogP contribution in [-0.4, -0.2) is 77.4 Å². The number of nitrogens with two attached hydrogens (primary N) is 1. The maximum atomic E-state index is 13.9. The van der Waals surface area contributed by atoms with Gasteiger partial charge in [0, 0.05) is 35.5 Å². The number of nitrogens with one attached hydrogen (secondary N) is 1. The van der Waals surface area contributed by atoms with Gasteiger partial charge in [-0.3, -0.25) is 4.90 Å². The van der Waals surface area contributed by atoms with Crippen LogP contribution in [-0.2, 0) is 9.47 Å². The summed E-state index contributed by atoms with van der Waals surface area (Å²) in [5, 5.41) is 3.64. The molecule has 5 aliphatic rings. The van der Waals surface area contributed by atoms with E-state index in [1.807, 2.05) is 6.08 Å². The van der Waals surface area contributed by atoms with Crippen LogP contribution >= 0.6 is 0 Å². The second-order valence-corrected chi connectivity index (χ2v) is 9.26. The maximum Gasteiger partial charge on any atom is 0.264 e. The Morgan fingerprint density at radius 3 is 2.28 bits per heavy atom. The number of anilines is 1. The normalized spacial score (nSPS) is 34.5. The number of hydrogen-bond donors (Lipinski definition) is 2. The van der Waals surface area contributed by atoms with Crippen LogP contribution in [0.15, 0.2) is 29.2 Å². The van der Waals surface area contributed by atoms with E-state index in [-0.39, 0.29) is 41.8 Å². The standard InChI is InChI=1S/C22H28F2N6O2/c23-21(24)16-5-19(25)26-7-17(16)18-6-20(29-12-1-2-13(29)9-31-8-12)28-22(27-18)30-14-3-4-15(30)11-32-10-14/h5-7,12-15,21-22,28H,1-4,8-11H2,(H2,25,26). The summed E-state index contributed by atoms with van der Waals surface area (Å²) < 4.78 is 39.3. The Bertz CT molecular complexity index is 924. The lowest BCUT2D eigenvalue weighted by Gasteiger charge is -2.45. The van der Waals surface area contributed by atoms with Crippen LogP contribution in [0.1, 0.15) is 43.2 Å². The highest BCUT2D eigenvalue weighted by atomic mass is 19.3. The van der Waals surface area contributed by atoms with E-state index in [1.54, 1.807) is 0 Å². The molecule has 0 amide bonds. The van der Waals surface area contributed by atoms with E-state index in [0.717, 1.165) is 31.5 Å². The van der Waals surface area contributed by atoms with Crippen molar-refractivity contribution in [2.45, 2.75) is 62.6 Å². The molecule has 1 aromatic heterocycles. The largest absolute Gasteiger partial charge is 0.384 e. The molecule has 0 saturated carbocycles. The molecule has 0 aliphatic carbocycles. The van der Waals surface area contributed by atoms with Gasteiger partial charge in [0.1, 0.15) is 11.6 Å². The molecule has 4 fully saturated rings. The molecule has 4 bridgehead atoms. The van der Waals surface area contributed by atoms with Crippen LogP contribution in [0.3, 0.4) is 0 Å². The smallest absolute Gasteiger partial charge is 0.264 e. The van der Waals surface area contributed by atoms with Crippen molar-refractivity contribution in [3.8, 4) is 0 Å². The van der Waals surface area contributed by atoms with Gasteiger partial charge in [0.2, 0.25) is 0 Å². The Morgan fingerprint density at radius 2 is 1.62 bits per heavy atom. The van der Waals surface area contributed by atoms with Crippen molar-refractivity contribution < 1.29 is 18.3 Å².